The lowest BCUT2D eigenvalue weighted by molar-refractivity contribution is 0.669. The van der Waals surface area contributed by atoms with Gasteiger partial charge >= 0.3 is 0 Å². The van der Waals surface area contributed by atoms with E-state index in [1.165, 1.54) is 49.3 Å². The lowest BCUT2D eigenvalue weighted by atomic mass is 10.0. The van der Waals surface area contributed by atoms with Crippen molar-refractivity contribution in [3.05, 3.63) is 158 Å². The molecular weight excluding hydrogens is 548 g/mol. The van der Waals surface area contributed by atoms with Crippen LogP contribution in [0.15, 0.2) is 162 Å². The Balaban J connectivity index is 1.17. The molecule has 3 aromatic heterocycles. The first kappa shape index (κ1) is 24.4. The number of aromatic nitrogens is 2. The smallest absolute Gasteiger partial charge is 0.136 e. The van der Waals surface area contributed by atoms with Gasteiger partial charge in [-0.05, 0) is 77.9 Å². The fraction of sp³-hybridized carbons (Fsp3) is 0. The maximum Gasteiger partial charge on any atom is 0.136 e. The molecular formula is C42H26N2O. The Morgan fingerprint density at radius 1 is 0.311 bits per heavy atom. The van der Waals surface area contributed by atoms with E-state index in [2.05, 4.69) is 155 Å². The number of rotatable bonds is 3. The molecule has 0 aliphatic heterocycles. The van der Waals surface area contributed by atoms with Crippen molar-refractivity contribution < 1.29 is 4.42 Å². The van der Waals surface area contributed by atoms with Crippen molar-refractivity contribution >= 4 is 65.6 Å². The highest BCUT2D eigenvalue weighted by Crippen LogP contribution is 2.40. The Morgan fingerprint density at radius 3 is 1.49 bits per heavy atom. The SMILES string of the molecule is c1ccc(-n2c3ccccc3c3cc4c(cc32)c2ccccc2n4-c2ccc(-c3ccc4c(c3)oc3ccccc34)cc2)cc1. The van der Waals surface area contributed by atoms with E-state index in [1.54, 1.807) is 0 Å². The third-order valence-corrected chi connectivity index (χ3v) is 9.32. The van der Waals surface area contributed by atoms with Gasteiger partial charge in [-0.3, -0.25) is 0 Å². The molecule has 10 aromatic rings. The Labute approximate surface area is 258 Å². The minimum Gasteiger partial charge on any atom is -0.456 e. The summed E-state index contributed by atoms with van der Waals surface area (Å²) in [6.45, 7) is 0. The summed E-state index contributed by atoms with van der Waals surface area (Å²) in [6, 6.07) is 56.6. The van der Waals surface area contributed by atoms with E-state index >= 15 is 0 Å². The molecule has 0 unspecified atom stereocenters. The summed E-state index contributed by atoms with van der Waals surface area (Å²) in [6.07, 6.45) is 0. The van der Waals surface area contributed by atoms with Crippen molar-refractivity contribution in [1.29, 1.82) is 0 Å². The van der Waals surface area contributed by atoms with Crippen molar-refractivity contribution in [2.24, 2.45) is 0 Å². The first-order valence-electron chi connectivity index (χ1n) is 15.4. The van der Waals surface area contributed by atoms with Crippen LogP contribution >= 0.6 is 0 Å². The molecule has 0 spiro atoms. The molecule has 10 rings (SSSR count). The largest absolute Gasteiger partial charge is 0.456 e. The summed E-state index contributed by atoms with van der Waals surface area (Å²) in [7, 11) is 0. The number of furan rings is 1. The second-order valence-corrected chi connectivity index (χ2v) is 11.8. The van der Waals surface area contributed by atoms with Gasteiger partial charge in [-0.2, -0.15) is 0 Å². The number of hydrogen-bond acceptors (Lipinski definition) is 1. The van der Waals surface area contributed by atoms with E-state index in [1.807, 2.05) is 12.1 Å². The van der Waals surface area contributed by atoms with Crippen molar-refractivity contribution in [1.82, 2.24) is 9.13 Å². The van der Waals surface area contributed by atoms with Crippen LogP contribution in [0, 0.1) is 0 Å². The lowest BCUT2D eigenvalue weighted by Gasteiger charge is -2.10. The molecule has 0 fully saturated rings. The van der Waals surface area contributed by atoms with Gasteiger partial charge < -0.3 is 13.6 Å². The topological polar surface area (TPSA) is 23.0 Å². The zero-order valence-electron chi connectivity index (χ0n) is 24.3. The van der Waals surface area contributed by atoms with Gasteiger partial charge in [0.05, 0.1) is 22.1 Å². The maximum atomic E-state index is 6.18. The van der Waals surface area contributed by atoms with E-state index in [0.29, 0.717) is 0 Å². The molecule has 0 radical (unpaired) electrons. The summed E-state index contributed by atoms with van der Waals surface area (Å²) in [5.74, 6) is 0. The van der Waals surface area contributed by atoms with Crippen molar-refractivity contribution in [2.75, 3.05) is 0 Å². The quantitative estimate of drug-likeness (QED) is 0.206. The third kappa shape index (κ3) is 3.52. The van der Waals surface area contributed by atoms with Gasteiger partial charge in [0, 0.05) is 43.7 Å². The predicted octanol–water partition coefficient (Wildman–Crippen LogP) is 11.4. The number of benzene rings is 7. The molecule has 45 heavy (non-hydrogen) atoms. The van der Waals surface area contributed by atoms with Gasteiger partial charge in [0.2, 0.25) is 0 Å². The number of fused-ring (bicyclic) bond motifs is 9. The molecule has 7 aromatic carbocycles. The summed E-state index contributed by atoms with van der Waals surface area (Å²) >= 11 is 0. The summed E-state index contributed by atoms with van der Waals surface area (Å²) < 4.78 is 11.0. The van der Waals surface area contributed by atoms with Gasteiger partial charge in [-0.15, -0.1) is 0 Å². The highest BCUT2D eigenvalue weighted by Gasteiger charge is 2.18. The molecule has 210 valence electrons. The van der Waals surface area contributed by atoms with Crippen molar-refractivity contribution in [3.63, 3.8) is 0 Å². The molecule has 0 aliphatic carbocycles. The molecule has 0 aliphatic rings. The Kier molecular flexibility index (Phi) is 5.00. The van der Waals surface area contributed by atoms with Crippen LogP contribution in [0.4, 0.5) is 0 Å². The molecule has 0 saturated heterocycles. The van der Waals surface area contributed by atoms with Gasteiger partial charge in [0.15, 0.2) is 0 Å². The lowest BCUT2D eigenvalue weighted by Crippen LogP contribution is -1.94. The summed E-state index contributed by atoms with van der Waals surface area (Å²) in [5.41, 5.74) is 11.3. The summed E-state index contributed by atoms with van der Waals surface area (Å²) in [5, 5.41) is 7.31. The first-order chi connectivity index (χ1) is 22.3. The van der Waals surface area contributed by atoms with E-state index < -0.39 is 0 Å². The average Bonchev–Trinajstić information content (AvgIpc) is 3.75. The number of hydrogen-bond donors (Lipinski definition) is 0. The van der Waals surface area contributed by atoms with E-state index in [-0.39, 0.29) is 0 Å². The second kappa shape index (κ2) is 9.22. The van der Waals surface area contributed by atoms with E-state index in [9.17, 15) is 0 Å². The van der Waals surface area contributed by atoms with Crippen LogP contribution in [0.25, 0.3) is 88.1 Å². The van der Waals surface area contributed by atoms with E-state index in [4.69, 9.17) is 4.42 Å². The molecule has 3 heteroatoms. The minimum atomic E-state index is 0.916. The standard InChI is InChI=1S/C42H26N2O/c1-2-10-29(11-3-1)43-37-15-7-4-12-31(37)35-26-40-36(25-39(35)43)32-13-5-8-16-38(32)44(40)30-21-18-27(19-22-30)28-20-23-34-33-14-6-9-17-41(33)45-42(34)24-28/h1-26H. The molecule has 0 saturated carbocycles. The normalized spacial score (nSPS) is 12.0. The van der Waals surface area contributed by atoms with Gasteiger partial charge in [-0.1, -0.05) is 91.0 Å². The van der Waals surface area contributed by atoms with Gasteiger partial charge in [0.25, 0.3) is 0 Å². The molecule has 0 N–H and O–H groups in total. The molecule has 0 atom stereocenters. The van der Waals surface area contributed by atoms with Gasteiger partial charge in [-0.25, -0.2) is 0 Å². The predicted molar refractivity (Wildman–Crippen MR) is 188 cm³/mol. The maximum absolute atomic E-state index is 6.18. The molecule has 3 nitrogen and oxygen atoms in total. The van der Waals surface area contributed by atoms with Crippen LogP contribution in [-0.2, 0) is 0 Å². The number of nitrogens with zero attached hydrogens (tertiary/aromatic N) is 2. The summed E-state index contributed by atoms with van der Waals surface area (Å²) in [4.78, 5) is 0. The zero-order valence-corrected chi connectivity index (χ0v) is 24.3. The van der Waals surface area contributed by atoms with Crippen molar-refractivity contribution in [2.45, 2.75) is 0 Å². The Bertz CT molecular complexity index is 2740. The van der Waals surface area contributed by atoms with Crippen LogP contribution in [0.3, 0.4) is 0 Å². The fourth-order valence-corrected chi connectivity index (χ4v) is 7.27. The third-order valence-electron chi connectivity index (χ3n) is 9.32. The van der Waals surface area contributed by atoms with Crippen molar-refractivity contribution in [3.8, 4) is 22.5 Å². The highest BCUT2D eigenvalue weighted by atomic mass is 16.3. The first-order valence-corrected chi connectivity index (χ1v) is 15.4. The minimum absolute atomic E-state index is 0.916. The van der Waals surface area contributed by atoms with Gasteiger partial charge in [0.1, 0.15) is 11.2 Å². The van der Waals surface area contributed by atoms with Crippen LogP contribution in [-0.4, -0.2) is 9.13 Å². The van der Waals surface area contributed by atoms with Crippen LogP contribution in [0.5, 0.6) is 0 Å². The van der Waals surface area contributed by atoms with Crippen LogP contribution in [0.2, 0.25) is 0 Å². The number of para-hydroxylation sites is 4. The monoisotopic (exact) mass is 574 g/mol. The van der Waals surface area contributed by atoms with Crippen LogP contribution in [0.1, 0.15) is 0 Å². The zero-order chi connectivity index (χ0) is 29.5. The Hall–Kier alpha value is -6.06. The van der Waals surface area contributed by atoms with E-state index in [0.717, 1.165) is 38.8 Å². The van der Waals surface area contributed by atoms with Crippen LogP contribution < -0.4 is 0 Å². The molecule has 0 bridgehead atoms. The molecule has 3 heterocycles. The second-order valence-electron chi connectivity index (χ2n) is 11.8. The average molecular weight is 575 g/mol. The molecule has 0 amide bonds. The fourth-order valence-electron chi connectivity index (χ4n) is 7.27. The Morgan fingerprint density at radius 2 is 0.822 bits per heavy atom. The highest BCUT2D eigenvalue weighted by molar-refractivity contribution is 6.19.